The number of hydrogen-bond donors (Lipinski definition) is 3. The van der Waals surface area contributed by atoms with Crippen LogP contribution < -0.4 is 16.0 Å². The number of rotatable bonds is 4. The van der Waals surface area contributed by atoms with Crippen molar-refractivity contribution in [3.63, 3.8) is 0 Å². The van der Waals surface area contributed by atoms with Crippen molar-refractivity contribution < 1.29 is 9.59 Å². The SMILES string of the molecule is CCNc1cncc(C(=O)NC2CCC(=O)NC2)n1. The topological polar surface area (TPSA) is 96.0 Å². The first kappa shape index (κ1) is 13.3. The molecule has 0 bridgehead atoms. The number of amides is 2. The van der Waals surface area contributed by atoms with Gasteiger partial charge in [-0.25, -0.2) is 4.98 Å². The summed E-state index contributed by atoms with van der Waals surface area (Å²) in [5, 5.41) is 8.56. The molecule has 19 heavy (non-hydrogen) atoms. The van der Waals surface area contributed by atoms with Gasteiger partial charge in [-0.15, -0.1) is 0 Å². The molecule has 2 rings (SSSR count). The van der Waals surface area contributed by atoms with E-state index in [1.807, 2.05) is 6.92 Å². The van der Waals surface area contributed by atoms with E-state index < -0.39 is 0 Å². The predicted molar refractivity (Wildman–Crippen MR) is 69.7 cm³/mol. The Morgan fingerprint density at radius 2 is 2.37 bits per heavy atom. The van der Waals surface area contributed by atoms with Gasteiger partial charge in [0.1, 0.15) is 11.5 Å². The zero-order valence-electron chi connectivity index (χ0n) is 10.8. The fourth-order valence-corrected chi connectivity index (χ4v) is 1.86. The quantitative estimate of drug-likeness (QED) is 0.706. The van der Waals surface area contributed by atoms with Gasteiger partial charge in [0.05, 0.1) is 12.4 Å². The van der Waals surface area contributed by atoms with Crippen LogP contribution in [0.5, 0.6) is 0 Å². The van der Waals surface area contributed by atoms with Crippen molar-refractivity contribution >= 4 is 17.6 Å². The van der Waals surface area contributed by atoms with Gasteiger partial charge in [0.2, 0.25) is 5.91 Å². The van der Waals surface area contributed by atoms with E-state index in [2.05, 4.69) is 25.9 Å². The largest absolute Gasteiger partial charge is 0.369 e. The molecule has 0 aromatic carbocycles. The van der Waals surface area contributed by atoms with E-state index in [0.29, 0.717) is 31.7 Å². The van der Waals surface area contributed by atoms with Crippen LogP contribution in [0.2, 0.25) is 0 Å². The molecule has 1 aromatic heterocycles. The van der Waals surface area contributed by atoms with Gasteiger partial charge in [-0.1, -0.05) is 0 Å². The van der Waals surface area contributed by atoms with Gasteiger partial charge in [-0.05, 0) is 13.3 Å². The van der Waals surface area contributed by atoms with Gasteiger partial charge >= 0.3 is 0 Å². The lowest BCUT2D eigenvalue weighted by Crippen LogP contribution is -2.47. The minimum Gasteiger partial charge on any atom is -0.369 e. The first-order valence-corrected chi connectivity index (χ1v) is 6.32. The number of aromatic nitrogens is 2. The van der Waals surface area contributed by atoms with E-state index in [1.54, 1.807) is 6.20 Å². The summed E-state index contributed by atoms with van der Waals surface area (Å²) in [5.41, 5.74) is 0.273. The number of nitrogens with one attached hydrogen (secondary N) is 3. The number of hydrogen-bond acceptors (Lipinski definition) is 5. The third-order valence-corrected chi connectivity index (χ3v) is 2.83. The Morgan fingerprint density at radius 3 is 3.05 bits per heavy atom. The molecule has 1 aliphatic rings. The average Bonchev–Trinajstić information content (AvgIpc) is 2.42. The number of anilines is 1. The first-order chi connectivity index (χ1) is 9.19. The summed E-state index contributed by atoms with van der Waals surface area (Å²) in [5.74, 6) is 0.333. The molecule has 7 heteroatoms. The van der Waals surface area contributed by atoms with Crippen LogP contribution in [-0.4, -0.2) is 40.9 Å². The Labute approximate surface area is 111 Å². The summed E-state index contributed by atoms with van der Waals surface area (Å²) in [6, 6.07) is -0.0465. The van der Waals surface area contributed by atoms with Gasteiger partial charge in [0, 0.05) is 25.6 Å². The molecule has 1 aliphatic heterocycles. The standard InChI is InChI=1S/C12H17N5O2/c1-2-14-10-7-13-6-9(17-10)12(19)16-8-3-4-11(18)15-5-8/h6-8H,2-5H2,1H3,(H,14,17)(H,15,18)(H,16,19). The van der Waals surface area contributed by atoms with E-state index in [9.17, 15) is 9.59 Å². The van der Waals surface area contributed by atoms with Crippen LogP contribution in [0.1, 0.15) is 30.3 Å². The molecule has 3 N–H and O–H groups in total. The maximum atomic E-state index is 12.0. The minimum absolute atomic E-state index is 0.0273. The fraction of sp³-hybridized carbons (Fsp3) is 0.500. The van der Waals surface area contributed by atoms with Crippen LogP contribution in [-0.2, 0) is 4.79 Å². The zero-order valence-corrected chi connectivity index (χ0v) is 10.8. The van der Waals surface area contributed by atoms with E-state index in [-0.39, 0.29) is 23.6 Å². The van der Waals surface area contributed by atoms with Gasteiger partial charge in [0.15, 0.2) is 0 Å². The molecule has 1 unspecified atom stereocenters. The van der Waals surface area contributed by atoms with Crippen molar-refractivity contribution in [2.45, 2.75) is 25.8 Å². The van der Waals surface area contributed by atoms with Crippen molar-refractivity contribution in [2.75, 3.05) is 18.4 Å². The van der Waals surface area contributed by atoms with E-state index in [1.165, 1.54) is 6.20 Å². The second-order valence-electron chi connectivity index (χ2n) is 4.33. The molecule has 0 radical (unpaired) electrons. The Kier molecular flexibility index (Phi) is 4.27. The molecule has 0 aliphatic carbocycles. The summed E-state index contributed by atoms with van der Waals surface area (Å²) in [4.78, 5) is 31.2. The lowest BCUT2D eigenvalue weighted by atomic mass is 10.1. The lowest BCUT2D eigenvalue weighted by molar-refractivity contribution is -0.122. The van der Waals surface area contributed by atoms with Gasteiger partial charge in [0.25, 0.3) is 5.91 Å². The number of nitrogens with zero attached hydrogens (tertiary/aromatic N) is 2. The van der Waals surface area contributed by atoms with Gasteiger partial charge in [-0.2, -0.15) is 0 Å². The normalized spacial score (nSPS) is 18.6. The van der Waals surface area contributed by atoms with E-state index in [0.717, 1.165) is 0 Å². The molecule has 7 nitrogen and oxygen atoms in total. The van der Waals surface area contributed by atoms with Crippen molar-refractivity contribution in [2.24, 2.45) is 0 Å². The van der Waals surface area contributed by atoms with Gasteiger partial charge in [-0.3, -0.25) is 14.6 Å². The highest BCUT2D eigenvalue weighted by atomic mass is 16.2. The van der Waals surface area contributed by atoms with Crippen molar-refractivity contribution in [3.05, 3.63) is 18.1 Å². The zero-order chi connectivity index (χ0) is 13.7. The van der Waals surface area contributed by atoms with Crippen LogP contribution in [0.25, 0.3) is 0 Å². The molecule has 2 heterocycles. The van der Waals surface area contributed by atoms with E-state index >= 15 is 0 Å². The highest BCUT2D eigenvalue weighted by Crippen LogP contribution is 2.05. The summed E-state index contributed by atoms with van der Waals surface area (Å²) in [7, 11) is 0. The second kappa shape index (κ2) is 6.12. The molecule has 1 fully saturated rings. The molecule has 102 valence electrons. The molecular formula is C12H17N5O2. The monoisotopic (exact) mass is 263 g/mol. The van der Waals surface area contributed by atoms with E-state index in [4.69, 9.17) is 0 Å². The molecule has 1 atom stereocenters. The van der Waals surface area contributed by atoms with Crippen LogP contribution in [0.3, 0.4) is 0 Å². The maximum Gasteiger partial charge on any atom is 0.271 e. The van der Waals surface area contributed by atoms with Crippen molar-refractivity contribution in [1.29, 1.82) is 0 Å². The Hall–Kier alpha value is -2.18. The van der Waals surface area contributed by atoms with Gasteiger partial charge < -0.3 is 16.0 Å². The fourth-order valence-electron chi connectivity index (χ4n) is 1.86. The summed E-state index contributed by atoms with van der Waals surface area (Å²) >= 11 is 0. The lowest BCUT2D eigenvalue weighted by Gasteiger charge is -2.23. The molecule has 1 saturated heterocycles. The predicted octanol–water partition coefficient (Wildman–Crippen LogP) is -0.0832. The molecule has 0 spiro atoms. The second-order valence-corrected chi connectivity index (χ2v) is 4.33. The van der Waals surface area contributed by atoms with Crippen molar-refractivity contribution in [3.8, 4) is 0 Å². The Bertz CT molecular complexity index is 467. The average molecular weight is 263 g/mol. The van der Waals surface area contributed by atoms with Crippen molar-refractivity contribution in [1.82, 2.24) is 20.6 Å². The summed E-state index contributed by atoms with van der Waals surface area (Å²) in [6.07, 6.45) is 4.09. The highest BCUT2D eigenvalue weighted by Gasteiger charge is 2.20. The molecular weight excluding hydrogens is 246 g/mol. The first-order valence-electron chi connectivity index (χ1n) is 6.32. The third kappa shape index (κ3) is 3.64. The highest BCUT2D eigenvalue weighted by molar-refractivity contribution is 5.92. The Balaban J connectivity index is 1.95. The smallest absolute Gasteiger partial charge is 0.271 e. The van der Waals surface area contributed by atoms with Crippen LogP contribution in [0.4, 0.5) is 5.82 Å². The maximum absolute atomic E-state index is 12.0. The van der Waals surface area contributed by atoms with Crippen LogP contribution in [0.15, 0.2) is 12.4 Å². The number of carbonyl (C=O) groups excluding carboxylic acids is 2. The summed E-state index contributed by atoms with van der Waals surface area (Å²) in [6.45, 7) is 3.12. The molecule has 1 aromatic rings. The Morgan fingerprint density at radius 1 is 1.53 bits per heavy atom. The van der Waals surface area contributed by atoms with Crippen LogP contribution in [0, 0.1) is 0 Å². The number of piperidine rings is 1. The molecule has 0 saturated carbocycles. The number of carbonyl (C=O) groups is 2. The van der Waals surface area contributed by atoms with Crippen LogP contribution >= 0.6 is 0 Å². The third-order valence-electron chi connectivity index (χ3n) is 2.83. The minimum atomic E-state index is -0.270. The summed E-state index contributed by atoms with van der Waals surface area (Å²) < 4.78 is 0. The molecule has 2 amide bonds.